The van der Waals surface area contributed by atoms with E-state index in [-0.39, 0.29) is 22.8 Å². The molecule has 0 fully saturated rings. The first kappa shape index (κ1) is 12.9. The van der Waals surface area contributed by atoms with Gasteiger partial charge in [0, 0.05) is 10.9 Å². The van der Waals surface area contributed by atoms with Gasteiger partial charge < -0.3 is 15.9 Å². The zero-order chi connectivity index (χ0) is 15.0. The van der Waals surface area contributed by atoms with Gasteiger partial charge in [-0.1, -0.05) is 12.1 Å². The second-order valence-electron chi connectivity index (χ2n) is 4.48. The molecule has 0 saturated heterocycles. The van der Waals surface area contributed by atoms with Gasteiger partial charge in [-0.15, -0.1) is 0 Å². The summed E-state index contributed by atoms with van der Waals surface area (Å²) in [6.07, 6.45) is 0. The van der Waals surface area contributed by atoms with E-state index < -0.39 is 5.97 Å². The van der Waals surface area contributed by atoms with Crippen LogP contribution in [0, 0.1) is 0 Å². The Morgan fingerprint density at radius 1 is 1.10 bits per heavy atom. The molecule has 0 unspecified atom stereocenters. The van der Waals surface area contributed by atoms with E-state index in [9.17, 15) is 15.0 Å². The lowest BCUT2D eigenvalue weighted by molar-refractivity contribution is 0.0699. The van der Waals surface area contributed by atoms with Crippen LogP contribution in [0.2, 0.25) is 0 Å². The lowest BCUT2D eigenvalue weighted by Gasteiger charge is -2.08. The number of phenols is 1. The van der Waals surface area contributed by atoms with Gasteiger partial charge in [-0.05, 0) is 30.3 Å². The number of benzene rings is 1. The third kappa shape index (κ3) is 2.23. The number of hydrogen-bond donors (Lipinski definition) is 3. The number of aromatic carboxylic acids is 1. The summed E-state index contributed by atoms with van der Waals surface area (Å²) < 4.78 is 0. The van der Waals surface area contributed by atoms with Crippen LogP contribution in [0.5, 0.6) is 5.75 Å². The van der Waals surface area contributed by atoms with E-state index in [1.54, 1.807) is 24.3 Å². The smallest absolute Gasteiger partial charge is 0.336 e. The number of nitrogen functional groups attached to an aromatic ring is 1. The lowest BCUT2D eigenvalue weighted by atomic mass is 10.1. The summed E-state index contributed by atoms with van der Waals surface area (Å²) in [5.74, 6) is -0.823. The molecule has 3 rings (SSSR count). The van der Waals surface area contributed by atoms with Gasteiger partial charge in [0.1, 0.15) is 11.6 Å². The number of hydrogen-bond acceptors (Lipinski definition) is 5. The van der Waals surface area contributed by atoms with E-state index in [4.69, 9.17) is 5.73 Å². The van der Waals surface area contributed by atoms with Crippen molar-refractivity contribution in [3.8, 4) is 17.0 Å². The molecule has 4 N–H and O–H groups in total. The van der Waals surface area contributed by atoms with Crippen LogP contribution >= 0.6 is 0 Å². The van der Waals surface area contributed by atoms with Crippen molar-refractivity contribution in [2.24, 2.45) is 0 Å². The number of anilines is 1. The van der Waals surface area contributed by atoms with E-state index in [2.05, 4.69) is 9.97 Å². The van der Waals surface area contributed by atoms with Gasteiger partial charge in [0.05, 0.1) is 11.3 Å². The van der Waals surface area contributed by atoms with Crippen LogP contribution in [0.15, 0.2) is 42.5 Å². The average molecular weight is 281 g/mol. The lowest BCUT2D eigenvalue weighted by Crippen LogP contribution is -2.02. The van der Waals surface area contributed by atoms with Gasteiger partial charge >= 0.3 is 5.97 Å². The Labute approximate surface area is 119 Å². The molecule has 0 saturated carbocycles. The number of nitrogens with zero attached hydrogens (tertiary/aromatic N) is 2. The van der Waals surface area contributed by atoms with Crippen LogP contribution in [0.4, 0.5) is 5.82 Å². The molecule has 0 amide bonds. The Morgan fingerprint density at radius 2 is 1.86 bits per heavy atom. The zero-order valence-corrected chi connectivity index (χ0v) is 10.8. The molecule has 1 aromatic carbocycles. The van der Waals surface area contributed by atoms with E-state index in [1.807, 2.05) is 0 Å². The molecule has 0 spiro atoms. The second-order valence-corrected chi connectivity index (χ2v) is 4.48. The molecule has 3 aromatic rings. The number of para-hydroxylation sites is 1. The molecule has 2 heterocycles. The molecule has 6 heteroatoms. The number of carbonyl (C=O) groups is 1. The third-order valence-corrected chi connectivity index (χ3v) is 3.10. The summed E-state index contributed by atoms with van der Waals surface area (Å²) in [6, 6.07) is 11.1. The number of aromatic nitrogens is 2. The maximum Gasteiger partial charge on any atom is 0.336 e. The molecule has 0 aliphatic heterocycles. The van der Waals surface area contributed by atoms with Crippen molar-refractivity contribution in [1.82, 2.24) is 9.97 Å². The van der Waals surface area contributed by atoms with Crippen molar-refractivity contribution in [1.29, 1.82) is 0 Å². The van der Waals surface area contributed by atoms with Gasteiger partial charge in [-0.25, -0.2) is 14.8 Å². The van der Waals surface area contributed by atoms with Crippen molar-refractivity contribution in [3.63, 3.8) is 0 Å². The molecule has 0 aliphatic carbocycles. The van der Waals surface area contributed by atoms with Crippen LogP contribution < -0.4 is 5.73 Å². The maximum atomic E-state index is 11.4. The van der Waals surface area contributed by atoms with E-state index in [0.717, 1.165) is 0 Å². The minimum absolute atomic E-state index is 0.0181. The first-order valence-electron chi connectivity index (χ1n) is 6.15. The number of rotatable bonds is 2. The predicted octanol–water partition coefficient (Wildman–Crippen LogP) is 2.28. The number of nitrogens with two attached hydrogens (primary N) is 1. The second kappa shape index (κ2) is 4.75. The molecule has 6 nitrogen and oxygen atoms in total. The highest BCUT2D eigenvalue weighted by Crippen LogP contribution is 2.30. The molecular weight excluding hydrogens is 270 g/mol. The first-order valence-corrected chi connectivity index (χ1v) is 6.15. The fourth-order valence-electron chi connectivity index (χ4n) is 2.12. The molecule has 0 radical (unpaired) electrons. The van der Waals surface area contributed by atoms with Crippen LogP contribution in [-0.4, -0.2) is 26.2 Å². The monoisotopic (exact) mass is 281 g/mol. The van der Waals surface area contributed by atoms with Gasteiger partial charge in [-0.3, -0.25) is 0 Å². The Hall–Kier alpha value is -3.15. The van der Waals surface area contributed by atoms with Crippen molar-refractivity contribution in [2.75, 3.05) is 5.73 Å². The van der Waals surface area contributed by atoms with Gasteiger partial charge in [0.2, 0.25) is 0 Å². The summed E-state index contributed by atoms with van der Waals surface area (Å²) in [4.78, 5) is 19.8. The molecular formula is C15H11N3O3. The van der Waals surface area contributed by atoms with Crippen LogP contribution in [0.25, 0.3) is 22.3 Å². The number of fused-ring (bicyclic) bond motifs is 1. The van der Waals surface area contributed by atoms with E-state index in [1.165, 1.54) is 18.2 Å². The van der Waals surface area contributed by atoms with Crippen LogP contribution in [0.1, 0.15) is 10.4 Å². The number of aromatic hydroxyl groups is 1. The fourth-order valence-corrected chi connectivity index (χ4v) is 2.12. The number of carboxylic acids is 1. The van der Waals surface area contributed by atoms with Gasteiger partial charge in [-0.2, -0.15) is 0 Å². The molecule has 0 atom stereocenters. The van der Waals surface area contributed by atoms with Crippen molar-refractivity contribution < 1.29 is 15.0 Å². The maximum absolute atomic E-state index is 11.4. The topological polar surface area (TPSA) is 109 Å². The Balaban J connectivity index is 2.35. The standard InChI is InChI=1S/C15H11N3O3/c16-13-6-5-8-10(15(20)21)7-11(17-14(8)18-13)9-3-1-2-4-12(9)19/h1-7,19H,(H,20,21)(H2,16,17,18). The Bertz CT molecular complexity index is 862. The summed E-state index contributed by atoms with van der Waals surface area (Å²) in [5.41, 5.74) is 6.68. The number of phenolic OH excluding ortho intramolecular Hbond substituents is 1. The van der Waals surface area contributed by atoms with Crippen molar-refractivity contribution >= 4 is 22.8 Å². The summed E-state index contributed by atoms with van der Waals surface area (Å²) in [5, 5.41) is 19.6. The quantitative estimate of drug-likeness (QED) is 0.664. The minimum Gasteiger partial charge on any atom is -0.507 e. The largest absolute Gasteiger partial charge is 0.507 e. The van der Waals surface area contributed by atoms with Gasteiger partial charge in [0.25, 0.3) is 0 Å². The minimum atomic E-state index is -1.09. The predicted molar refractivity (Wildman–Crippen MR) is 78.0 cm³/mol. The average Bonchev–Trinajstić information content (AvgIpc) is 2.46. The summed E-state index contributed by atoms with van der Waals surface area (Å²) in [6.45, 7) is 0. The SMILES string of the molecule is Nc1ccc2c(C(=O)O)cc(-c3ccccc3O)nc2n1. The summed E-state index contributed by atoms with van der Waals surface area (Å²) in [7, 11) is 0. The van der Waals surface area contributed by atoms with Gasteiger partial charge in [0.15, 0.2) is 5.65 Å². The molecule has 104 valence electrons. The van der Waals surface area contributed by atoms with E-state index in [0.29, 0.717) is 16.6 Å². The van der Waals surface area contributed by atoms with Crippen molar-refractivity contribution in [3.05, 3.63) is 48.0 Å². The Morgan fingerprint density at radius 3 is 2.57 bits per heavy atom. The summed E-state index contributed by atoms with van der Waals surface area (Å²) >= 11 is 0. The highest BCUT2D eigenvalue weighted by Gasteiger charge is 2.15. The normalized spacial score (nSPS) is 10.7. The van der Waals surface area contributed by atoms with E-state index >= 15 is 0 Å². The fraction of sp³-hybridized carbons (Fsp3) is 0. The van der Waals surface area contributed by atoms with Crippen LogP contribution in [-0.2, 0) is 0 Å². The first-order chi connectivity index (χ1) is 10.1. The number of pyridine rings is 2. The Kier molecular flexibility index (Phi) is 2.91. The third-order valence-electron chi connectivity index (χ3n) is 3.10. The molecule has 2 aromatic heterocycles. The zero-order valence-electron chi connectivity index (χ0n) is 10.8. The van der Waals surface area contributed by atoms with Crippen LogP contribution in [0.3, 0.4) is 0 Å². The number of carboxylic acid groups (broad SMARTS) is 1. The molecule has 21 heavy (non-hydrogen) atoms. The molecule has 0 aliphatic rings. The molecule has 0 bridgehead atoms. The van der Waals surface area contributed by atoms with Crippen molar-refractivity contribution in [2.45, 2.75) is 0 Å². The highest BCUT2D eigenvalue weighted by molar-refractivity contribution is 6.03. The highest BCUT2D eigenvalue weighted by atomic mass is 16.4.